The number of piperidine rings is 1. The maximum Gasteiger partial charge on any atom is 0.347 e. The highest BCUT2D eigenvalue weighted by molar-refractivity contribution is 7.89. The largest absolute Gasteiger partial charge is 0.478 e. The van der Waals surface area contributed by atoms with Gasteiger partial charge >= 0.3 is 5.97 Å². The molecule has 1 heterocycles. The molecular formula is C29H33NO5S. The average Bonchev–Trinajstić information content (AvgIpc) is 2.85. The molecule has 3 aromatic carbocycles. The van der Waals surface area contributed by atoms with Crippen LogP contribution in [-0.4, -0.2) is 42.5 Å². The Morgan fingerprint density at radius 2 is 1.69 bits per heavy atom. The minimum atomic E-state index is -3.68. The van der Waals surface area contributed by atoms with Gasteiger partial charge in [0.2, 0.25) is 10.0 Å². The Hall–Kier alpha value is -3.16. The number of carboxylic acids is 1. The summed E-state index contributed by atoms with van der Waals surface area (Å²) < 4.78 is 34.5. The van der Waals surface area contributed by atoms with Gasteiger partial charge < -0.3 is 9.84 Å². The molecule has 0 radical (unpaired) electrons. The molecule has 7 heteroatoms. The van der Waals surface area contributed by atoms with Gasteiger partial charge in [0.1, 0.15) is 5.75 Å². The van der Waals surface area contributed by atoms with Crippen LogP contribution in [0.2, 0.25) is 0 Å². The van der Waals surface area contributed by atoms with E-state index in [0.29, 0.717) is 23.7 Å². The van der Waals surface area contributed by atoms with Gasteiger partial charge in [0, 0.05) is 13.1 Å². The van der Waals surface area contributed by atoms with Crippen LogP contribution in [0.15, 0.2) is 71.6 Å². The number of carboxylic acid groups (broad SMARTS) is 1. The highest BCUT2D eigenvalue weighted by atomic mass is 32.2. The quantitative estimate of drug-likeness (QED) is 0.438. The summed E-state index contributed by atoms with van der Waals surface area (Å²) in [6.07, 6.45) is 1.59. The molecule has 3 aromatic rings. The normalized spacial score (nSPS) is 17.1. The van der Waals surface area contributed by atoms with E-state index in [0.717, 1.165) is 35.1 Å². The summed E-state index contributed by atoms with van der Waals surface area (Å²) in [5.74, 6) is -0.597. The van der Waals surface area contributed by atoms with Gasteiger partial charge in [0.25, 0.3) is 0 Å². The van der Waals surface area contributed by atoms with Crippen molar-refractivity contribution in [2.24, 2.45) is 0 Å². The predicted molar refractivity (Wildman–Crippen MR) is 141 cm³/mol. The number of carbonyl (C=O) groups is 1. The summed E-state index contributed by atoms with van der Waals surface area (Å²) in [6.45, 7) is 7.94. The smallest absolute Gasteiger partial charge is 0.347 e. The lowest BCUT2D eigenvalue weighted by molar-refractivity contribution is -0.152. The predicted octanol–water partition coefficient (Wildman–Crippen LogP) is 5.78. The number of nitrogens with zero attached hydrogens (tertiary/aromatic N) is 1. The minimum absolute atomic E-state index is 0.00653. The van der Waals surface area contributed by atoms with Gasteiger partial charge in [-0.05, 0) is 98.5 Å². The van der Waals surface area contributed by atoms with E-state index in [9.17, 15) is 18.3 Å². The third kappa shape index (κ3) is 5.47. The maximum absolute atomic E-state index is 13.6. The van der Waals surface area contributed by atoms with E-state index in [1.807, 2.05) is 30.3 Å². The molecule has 4 rings (SSSR count). The number of rotatable bonds is 7. The van der Waals surface area contributed by atoms with Crippen molar-refractivity contribution in [3.63, 3.8) is 0 Å². The molecule has 0 amide bonds. The fourth-order valence-corrected chi connectivity index (χ4v) is 6.08. The molecule has 6 nitrogen and oxygen atoms in total. The third-order valence-corrected chi connectivity index (χ3v) is 8.77. The van der Waals surface area contributed by atoms with Crippen LogP contribution in [0.1, 0.15) is 49.3 Å². The summed E-state index contributed by atoms with van der Waals surface area (Å²) >= 11 is 0. The van der Waals surface area contributed by atoms with Crippen LogP contribution in [0.25, 0.3) is 11.1 Å². The van der Waals surface area contributed by atoms with E-state index in [-0.39, 0.29) is 5.92 Å². The van der Waals surface area contributed by atoms with E-state index in [4.69, 9.17) is 4.74 Å². The van der Waals surface area contributed by atoms with Gasteiger partial charge in [-0.2, -0.15) is 4.31 Å². The molecule has 0 bridgehead atoms. The van der Waals surface area contributed by atoms with E-state index in [2.05, 4.69) is 26.0 Å². The zero-order chi connectivity index (χ0) is 26.1. The standard InChI is InChI=1S/C29H33NO5S/c1-20-13-14-24(16-21(20)2)23-9-6-12-27(18-23)36(33,34)30-15-7-10-25(19-30)22-8-5-11-26(17-22)35-29(3,4)28(31)32/h5-6,8-9,11-14,16-18,25H,7,10,15,19H2,1-4H3,(H,31,32). The topological polar surface area (TPSA) is 83.9 Å². The number of benzene rings is 3. The monoisotopic (exact) mass is 507 g/mol. The summed E-state index contributed by atoms with van der Waals surface area (Å²) in [6, 6.07) is 20.6. The fourth-order valence-electron chi connectivity index (χ4n) is 4.51. The van der Waals surface area contributed by atoms with Crippen LogP contribution < -0.4 is 4.74 Å². The highest BCUT2D eigenvalue weighted by Gasteiger charge is 2.32. The number of sulfonamides is 1. The zero-order valence-electron chi connectivity index (χ0n) is 21.2. The lowest BCUT2D eigenvalue weighted by Gasteiger charge is -2.32. The first-order chi connectivity index (χ1) is 17.0. The van der Waals surface area contributed by atoms with Crippen molar-refractivity contribution in [2.45, 2.75) is 57.0 Å². The van der Waals surface area contributed by atoms with Crippen molar-refractivity contribution in [1.29, 1.82) is 0 Å². The third-order valence-electron chi connectivity index (χ3n) is 6.91. The van der Waals surface area contributed by atoms with Crippen molar-refractivity contribution in [2.75, 3.05) is 13.1 Å². The second kappa shape index (κ2) is 10.1. The van der Waals surface area contributed by atoms with Crippen LogP contribution in [0, 0.1) is 13.8 Å². The number of hydrogen-bond donors (Lipinski definition) is 1. The first-order valence-corrected chi connectivity index (χ1v) is 13.6. The number of hydrogen-bond acceptors (Lipinski definition) is 4. The summed E-state index contributed by atoms with van der Waals surface area (Å²) in [5.41, 5.74) is 3.81. The van der Waals surface area contributed by atoms with Crippen LogP contribution in [-0.2, 0) is 14.8 Å². The maximum atomic E-state index is 13.6. The van der Waals surface area contributed by atoms with Crippen molar-refractivity contribution >= 4 is 16.0 Å². The number of ether oxygens (including phenoxy) is 1. The van der Waals surface area contributed by atoms with Gasteiger partial charge in [-0.1, -0.05) is 42.5 Å². The SMILES string of the molecule is Cc1ccc(-c2cccc(S(=O)(=O)N3CCCC(c4cccc(OC(C)(C)C(=O)O)c4)C3)c2)cc1C. The summed E-state index contributed by atoms with van der Waals surface area (Å²) in [4.78, 5) is 11.7. The molecule has 0 saturated carbocycles. The number of aryl methyl sites for hydroxylation is 2. The first-order valence-electron chi connectivity index (χ1n) is 12.2. The van der Waals surface area contributed by atoms with E-state index < -0.39 is 21.6 Å². The molecule has 1 aliphatic heterocycles. The zero-order valence-corrected chi connectivity index (χ0v) is 22.0. The second-order valence-electron chi connectivity index (χ2n) is 10.0. The molecule has 1 atom stereocenters. The molecule has 1 aliphatic rings. The molecule has 36 heavy (non-hydrogen) atoms. The molecule has 0 aromatic heterocycles. The lowest BCUT2D eigenvalue weighted by Crippen LogP contribution is -2.39. The Kier molecular flexibility index (Phi) is 7.25. The Bertz CT molecular complexity index is 1380. The van der Waals surface area contributed by atoms with Crippen molar-refractivity contribution in [3.8, 4) is 16.9 Å². The van der Waals surface area contributed by atoms with Crippen LogP contribution in [0.4, 0.5) is 0 Å². The van der Waals surface area contributed by atoms with Crippen LogP contribution >= 0.6 is 0 Å². The van der Waals surface area contributed by atoms with Crippen molar-refractivity contribution < 1.29 is 23.1 Å². The van der Waals surface area contributed by atoms with E-state index in [1.54, 1.807) is 28.6 Å². The molecule has 1 fully saturated rings. The molecule has 0 aliphatic carbocycles. The average molecular weight is 508 g/mol. The molecule has 0 spiro atoms. The Labute approximate surface area is 213 Å². The lowest BCUT2D eigenvalue weighted by atomic mass is 9.91. The van der Waals surface area contributed by atoms with Gasteiger partial charge in [-0.15, -0.1) is 0 Å². The van der Waals surface area contributed by atoms with Crippen LogP contribution in [0.3, 0.4) is 0 Å². The Morgan fingerprint density at radius 1 is 0.972 bits per heavy atom. The summed E-state index contributed by atoms with van der Waals surface area (Å²) in [7, 11) is -3.68. The molecule has 1 unspecified atom stereocenters. The fraction of sp³-hybridized carbons (Fsp3) is 0.345. The summed E-state index contributed by atoms with van der Waals surface area (Å²) in [5, 5.41) is 9.37. The van der Waals surface area contributed by atoms with E-state index >= 15 is 0 Å². The van der Waals surface area contributed by atoms with Gasteiger partial charge in [-0.3, -0.25) is 0 Å². The Balaban J connectivity index is 1.56. The van der Waals surface area contributed by atoms with Gasteiger partial charge in [-0.25, -0.2) is 13.2 Å². The molecule has 1 saturated heterocycles. The first kappa shape index (κ1) is 25.9. The van der Waals surface area contributed by atoms with Crippen molar-refractivity contribution in [3.05, 3.63) is 83.4 Å². The Morgan fingerprint density at radius 3 is 2.42 bits per heavy atom. The van der Waals surface area contributed by atoms with Gasteiger partial charge in [0.15, 0.2) is 5.60 Å². The van der Waals surface area contributed by atoms with E-state index in [1.165, 1.54) is 19.4 Å². The molecule has 190 valence electrons. The highest BCUT2D eigenvalue weighted by Crippen LogP contribution is 2.33. The molecular weight excluding hydrogens is 474 g/mol. The number of aliphatic carboxylic acids is 1. The molecule has 1 N–H and O–H groups in total. The second-order valence-corrected chi connectivity index (χ2v) is 12.0. The van der Waals surface area contributed by atoms with Gasteiger partial charge in [0.05, 0.1) is 4.90 Å². The van der Waals surface area contributed by atoms with Crippen molar-refractivity contribution in [1.82, 2.24) is 4.31 Å². The minimum Gasteiger partial charge on any atom is -0.478 e. The van der Waals surface area contributed by atoms with Crippen LogP contribution in [0.5, 0.6) is 5.75 Å².